The van der Waals surface area contributed by atoms with Crippen molar-refractivity contribution < 1.29 is 14.7 Å². The highest BCUT2D eigenvalue weighted by molar-refractivity contribution is 9.10. The normalized spacial score (nSPS) is 19.6. The van der Waals surface area contributed by atoms with E-state index in [9.17, 15) is 9.59 Å². The molecule has 1 aliphatic heterocycles. The molecular formula is C12H12BrNO3S. The molecule has 96 valence electrons. The van der Waals surface area contributed by atoms with E-state index in [0.717, 1.165) is 9.35 Å². The minimum Gasteiger partial charge on any atom is -0.481 e. The molecule has 2 heterocycles. The van der Waals surface area contributed by atoms with Crippen LogP contribution in [0.25, 0.3) is 6.08 Å². The second-order valence-electron chi connectivity index (χ2n) is 4.11. The molecule has 0 spiro atoms. The van der Waals surface area contributed by atoms with Crippen molar-refractivity contribution in [3.63, 3.8) is 0 Å². The Morgan fingerprint density at radius 1 is 1.56 bits per heavy atom. The molecular weight excluding hydrogens is 318 g/mol. The molecule has 4 nitrogen and oxygen atoms in total. The molecule has 0 aromatic carbocycles. The fraction of sp³-hybridized carbons (Fsp3) is 0.333. The van der Waals surface area contributed by atoms with Gasteiger partial charge in [0.2, 0.25) is 5.91 Å². The van der Waals surface area contributed by atoms with Crippen molar-refractivity contribution in [2.24, 2.45) is 5.92 Å². The summed E-state index contributed by atoms with van der Waals surface area (Å²) in [7, 11) is 0. The Hall–Kier alpha value is -1.14. The average molecular weight is 330 g/mol. The quantitative estimate of drug-likeness (QED) is 0.866. The van der Waals surface area contributed by atoms with Crippen LogP contribution in [0.3, 0.4) is 0 Å². The lowest BCUT2D eigenvalue weighted by atomic mass is 10.1. The average Bonchev–Trinajstić information content (AvgIpc) is 2.94. The predicted molar refractivity (Wildman–Crippen MR) is 73.4 cm³/mol. The number of rotatable bonds is 3. The van der Waals surface area contributed by atoms with Crippen LogP contribution in [0.15, 0.2) is 22.0 Å². The summed E-state index contributed by atoms with van der Waals surface area (Å²) in [6, 6.07) is 1.93. The summed E-state index contributed by atoms with van der Waals surface area (Å²) < 4.78 is 0.992. The molecule has 18 heavy (non-hydrogen) atoms. The zero-order valence-electron chi connectivity index (χ0n) is 9.51. The summed E-state index contributed by atoms with van der Waals surface area (Å²) in [6.07, 6.45) is 3.80. The van der Waals surface area contributed by atoms with Crippen LogP contribution in [-0.4, -0.2) is 35.0 Å². The molecule has 1 aliphatic rings. The van der Waals surface area contributed by atoms with E-state index in [1.165, 1.54) is 6.08 Å². The number of carboxylic acid groups (broad SMARTS) is 1. The van der Waals surface area contributed by atoms with Gasteiger partial charge in [0.1, 0.15) is 0 Å². The molecule has 1 aromatic rings. The van der Waals surface area contributed by atoms with Gasteiger partial charge >= 0.3 is 5.97 Å². The molecule has 1 unspecified atom stereocenters. The molecule has 1 N–H and O–H groups in total. The number of carbonyl (C=O) groups excluding carboxylic acids is 1. The van der Waals surface area contributed by atoms with Crippen molar-refractivity contribution in [1.29, 1.82) is 0 Å². The molecule has 1 aromatic heterocycles. The Morgan fingerprint density at radius 3 is 2.89 bits per heavy atom. The van der Waals surface area contributed by atoms with Crippen molar-refractivity contribution in [3.05, 3.63) is 26.9 Å². The summed E-state index contributed by atoms with van der Waals surface area (Å²) in [5.74, 6) is -1.36. The van der Waals surface area contributed by atoms with E-state index < -0.39 is 11.9 Å². The van der Waals surface area contributed by atoms with Gasteiger partial charge in [-0.05, 0) is 34.5 Å². The number of nitrogens with zero attached hydrogens (tertiary/aromatic N) is 1. The van der Waals surface area contributed by atoms with Crippen molar-refractivity contribution in [2.75, 3.05) is 13.1 Å². The van der Waals surface area contributed by atoms with Gasteiger partial charge in [0.05, 0.1) is 5.92 Å². The number of halogens is 1. The number of thiophene rings is 1. The third-order valence-corrected chi connectivity index (χ3v) is 4.49. The first kappa shape index (κ1) is 13.3. The zero-order chi connectivity index (χ0) is 13.1. The Balaban J connectivity index is 1.93. The standard InChI is InChI=1S/C12H12BrNO3S/c13-9-5-10(18-7-9)1-2-11(15)14-4-3-8(6-14)12(16)17/h1-2,5,7-8H,3-4,6H2,(H,16,17)/b2-1+. The summed E-state index contributed by atoms with van der Waals surface area (Å²) in [5, 5.41) is 10.8. The maximum atomic E-state index is 11.8. The Morgan fingerprint density at radius 2 is 2.33 bits per heavy atom. The molecule has 6 heteroatoms. The maximum Gasteiger partial charge on any atom is 0.308 e. The summed E-state index contributed by atoms with van der Waals surface area (Å²) in [5.41, 5.74) is 0. The molecule has 1 amide bonds. The Labute approximate surface area is 117 Å². The molecule has 1 atom stereocenters. The van der Waals surface area contributed by atoms with Crippen LogP contribution >= 0.6 is 27.3 Å². The highest BCUT2D eigenvalue weighted by Gasteiger charge is 2.29. The molecule has 0 aliphatic carbocycles. The zero-order valence-corrected chi connectivity index (χ0v) is 11.9. The summed E-state index contributed by atoms with van der Waals surface area (Å²) in [6.45, 7) is 0.834. The fourth-order valence-corrected chi connectivity index (χ4v) is 3.17. The van der Waals surface area contributed by atoms with Crippen molar-refractivity contribution in [3.8, 4) is 0 Å². The van der Waals surface area contributed by atoms with Crippen LogP contribution in [0.5, 0.6) is 0 Å². The van der Waals surface area contributed by atoms with E-state index in [-0.39, 0.29) is 5.91 Å². The second kappa shape index (κ2) is 5.67. The monoisotopic (exact) mass is 329 g/mol. The first-order valence-electron chi connectivity index (χ1n) is 5.50. The van der Waals surface area contributed by atoms with Gasteiger partial charge in [0, 0.05) is 33.9 Å². The van der Waals surface area contributed by atoms with Crippen molar-refractivity contribution in [1.82, 2.24) is 4.90 Å². The number of hydrogen-bond acceptors (Lipinski definition) is 3. The third kappa shape index (κ3) is 3.20. The first-order chi connectivity index (χ1) is 8.56. The summed E-state index contributed by atoms with van der Waals surface area (Å²) >= 11 is 4.89. The topological polar surface area (TPSA) is 57.6 Å². The Kier molecular flexibility index (Phi) is 4.19. The first-order valence-corrected chi connectivity index (χ1v) is 7.17. The lowest BCUT2D eigenvalue weighted by Crippen LogP contribution is -2.28. The number of carbonyl (C=O) groups is 2. The second-order valence-corrected chi connectivity index (χ2v) is 5.97. The van der Waals surface area contributed by atoms with Gasteiger partial charge in [-0.3, -0.25) is 9.59 Å². The SMILES string of the molecule is O=C(O)C1CCN(C(=O)/C=C/c2cc(Br)cs2)C1. The van der Waals surface area contributed by atoms with Crippen molar-refractivity contribution in [2.45, 2.75) is 6.42 Å². The van der Waals surface area contributed by atoms with E-state index in [1.807, 2.05) is 11.4 Å². The molecule has 1 fully saturated rings. The largest absolute Gasteiger partial charge is 0.481 e. The van der Waals surface area contributed by atoms with E-state index in [0.29, 0.717) is 19.5 Å². The maximum absolute atomic E-state index is 11.8. The van der Waals surface area contributed by atoms with E-state index in [1.54, 1.807) is 22.3 Å². The van der Waals surface area contributed by atoms with Gasteiger partial charge < -0.3 is 10.0 Å². The highest BCUT2D eigenvalue weighted by Crippen LogP contribution is 2.21. The Bertz CT molecular complexity index is 497. The van der Waals surface area contributed by atoms with Crippen LogP contribution in [0.2, 0.25) is 0 Å². The van der Waals surface area contributed by atoms with Crippen LogP contribution in [0.4, 0.5) is 0 Å². The highest BCUT2D eigenvalue weighted by atomic mass is 79.9. The third-order valence-electron chi connectivity index (χ3n) is 2.83. The molecule has 0 radical (unpaired) electrons. The van der Waals surface area contributed by atoms with Crippen LogP contribution in [-0.2, 0) is 9.59 Å². The molecule has 0 saturated carbocycles. The summed E-state index contributed by atoms with van der Waals surface area (Å²) in [4.78, 5) is 25.2. The number of carboxylic acids is 1. The minimum atomic E-state index is -0.823. The smallest absolute Gasteiger partial charge is 0.308 e. The lowest BCUT2D eigenvalue weighted by molar-refractivity contribution is -0.141. The van der Waals surface area contributed by atoms with Gasteiger partial charge in [-0.2, -0.15) is 0 Å². The van der Waals surface area contributed by atoms with E-state index in [2.05, 4.69) is 15.9 Å². The molecule has 0 bridgehead atoms. The predicted octanol–water partition coefficient (Wildman–Crippen LogP) is 2.46. The minimum absolute atomic E-state index is 0.122. The number of amides is 1. The van der Waals surface area contributed by atoms with Crippen molar-refractivity contribution >= 4 is 45.2 Å². The number of likely N-dealkylation sites (tertiary alicyclic amines) is 1. The van der Waals surface area contributed by atoms with Gasteiger partial charge in [-0.1, -0.05) is 0 Å². The molecule has 2 rings (SSSR count). The number of hydrogen-bond donors (Lipinski definition) is 1. The van der Waals surface area contributed by atoms with Crippen LogP contribution in [0.1, 0.15) is 11.3 Å². The lowest BCUT2D eigenvalue weighted by Gasteiger charge is -2.12. The van der Waals surface area contributed by atoms with Gasteiger partial charge in [0.25, 0.3) is 0 Å². The van der Waals surface area contributed by atoms with E-state index >= 15 is 0 Å². The van der Waals surface area contributed by atoms with Crippen LogP contribution in [0, 0.1) is 5.92 Å². The van der Waals surface area contributed by atoms with Gasteiger partial charge in [0.15, 0.2) is 0 Å². The van der Waals surface area contributed by atoms with Gasteiger partial charge in [-0.25, -0.2) is 0 Å². The van der Waals surface area contributed by atoms with Gasteiger partial charge in [-0.15, -0.1) is 11.3 Å². The number of aliphatic carboxylic acids is 1. The fourth-order valence-electron chi connectivity index (χ4n) is 1.84. The van der Waals surface area contributed by atoms with E-state index in [4.69, 9.17) is 5.11 Å². The van der Waals surface area contributed by atoms with Crippen LogP contribution < -0.4 is 0 Å². The molecule has 1 saturated heterocycles.